The third-order valence-corrected chi connectivity index (χ3v) is 3.87. The first-order valence-electron chi connectivity index (χ1n) is 7.89. The Kier molecular flexibility index (Phi) is 5.17. The molecule has 1 aromatic carbocycles. The number of hydrogen-bond acceptors (Lipinski definition) is 3. The molecule has 3 heteroatoms. The lowest BCUT2D eigenvalue weighted by atomic mass is 9.98. The zero-order valence-corrected chi connectivity index (χ0v) is 13.5. The minimum Gasteiger partial charge on any atom is -0.344 e. The summed E-state index contributed by atoms with van der Waals surface area (Å²) < 4.78 is 11.8. The Morgan fingerprint density at radius 3 is 2.43 bits per heavy atom. The van der Waals surface area contributed by atoms with Crippen molar-refractivity contribution in [3.05, 3.63) is 35.4 Å². The maximum absolute atomic E-state index is 12.7. The van der Waals surface area contributed by atoms with Gasteiger partial charge in [0, 0.05) is 5.56 Å². The van der Waals surface area contributed by atoms with Gasteiger partial charge in [-0.05, 0) is 27.2 Å². The summed E-state index contributed by atoms with van der Waals surface area (Å²) >= 11 is 0. The van der Waals surface area contributed by atoms with E-state index >= 15 is 0 Å². The highest BCUT2D eigenvalue weighted by Crippen LogP contribution is 2.32. The predicted octanol–water partition coefficient (Wildman–Crippen LogP) is 4.28. The van der Waals surface area contributed by atoms with Crippen LogP contribution in [0.15, 0.2) is 24.3 Å². The SMILES string of the molecule is CCCCC[C@@H]1OC(C)(C)O[C@H]1C(=O)c1ccc(C)cc1. The fraction of sp³-hybridized carbons (Fsp3) is 0.611. The average molecular weight is 290 g/mol. The van der Waals surface area contributed by atoms with Crippen molar-refractivity contribution < 1.29 is 14.3 Å². The molecule has 1 heterocycles. The van der Waals surface area contributed by atoms with Crippen LogP contribution in [-0.4, -0.2) is 23.8 Å². The van der Waals surface area contributed by atoms with E-state index in [0.29, 0.717) is 5.56 Å². The quantitative estimate of drug-likeness (QED) is 0.579. The molecule has 0 bridgehead atoms. The molecule has 21 heavy (non-hydrogen) atoms. The maximum Gasteiger partial charge on any atom is 0.194 e. The minimum atomic E-state index is -0.679. The molecule has 2 atom stereocenters. The van der Waals surface area contributed by atoms with Crippen molar-refractivity contribution in [2.75, 3.05) is 0 Å². The third kappa shape index (κ3) is 4.14. The molecule has 1 aromatic rings. The van der Waals surface area contributed by atoms with E-state index in [4.69, 9.17) is 9.47 Å². The molecule has 0 unspecified atom stereocenters. The van der Waals surface area contributed by atoms with Crippen molar-refractivity contribution in [3.63, 3.8) is 0 Å². The number of carbonyl (C=O) groups excluding carboxylic acids is 1. The van der Waals surface area contributed by atoms with Crippen molar-refractivity contribution in [1.82, 2.24) is 0 Å². The lowest BCUT2D eigenvalue weighted by Crippen LogP contribution is -2.31. The smallest absolute Gasteiger partial charge is 0.194 e. The Morgan fingerprint density at radius 1 is 1.14 bits per heavy atom. The molecule has 0 aromatic heterocycles. The van der Waals surface area contributed by atoms with E-state index in [1.807, 2.05) is 45.0 Å². The fourth-order valence-corrected chi connectivity index (χ4v) is 2.75. The first-order valence-corrected chi connectivity index (χ1v) is 7.89. The number of ether oxygens (including phenoxy) is 2. The molecule has 0 N–H and O–H groups in total. The first kappa shape index (κ1) is 16.2. The van der Waals surface area contributed by atoms with Gasteiger partial charge in [-0.15, -0.1) is 0 Å². The van der Waals surface area contributed by atoms with Gasteiger partial charge in [0.1, 0.15) is 6.10 Å². The standard InChI is InChI=1S/C18H26O3/c1-5-6-7-8-15-17(21-18(3,4)20-15)16(19)14-11-9-13(2)10-12-14/h9-12,15,17H,5-8H2,1-4H3/t15-,17+/m0/s1. The van der Waals surface area contributed by atoms with Gasteiger partial charge in [0.15, 0.2) is 11.6 Å². The summed E-state index contributed by atoms with van der Waals surface area (Å²) in [5, 5.41) is 0. The zero-order valence-electron chi connectivity index (χ0n) is 13.5. The van der Waals surface area contributed by atoms with Crippen LogP contribution >= 0.6 is 0 Å². The third-order valence-electron chi connectivity index (χ3n) is 3.87. The number of hydrogen-bond donors (Lipinski definition) is 0. The average Bonchev–Trinajstić information content (AvgIpc) is 2.74. The topological polar surface area (TPSA) is 35.5 Å². The van der Waals surface area contributed by atoms with Crippen LogP contribution in [0.2, 0.25) is 0 Å². The predicted molar refractivity (Wildman–Crippen MR) is 83.5 cm³/mol. The van der Waals surface area contributed by atoms with Crippen LogP contribution in [0.1, 0.15) is 62.4 Å². The molecule has 3 nitrogen and oxygen atoms in total. The van der Waals surface area contributed by atoms with E-state index in [0.717, 1.165) is 31.2 Å². The molecule has 0 radical (unpaired) electrons. The number of aryl methyl sites for hydroxylation is 1. The summed E-state index contributed by atoms with van der Waals surface area (Å²) in [5.74, 6) is -0.649. The maximum atomic E-state index is 12.7. The molecule has 1 fully saturated rings. The number of carbonyl (C=O) groups is 1. The largest absolute Gasteiger partial charge is 0.344 e. The number of benzene rings is 1. The summed E-state index contributed by atoms with van der Waals surface area (Å²) in [6.45, 7) is 7.94. The Labute approximate surface area is 127 Å². The second kappa shape index (κ2) is 6.71. The summed E-state index contributed by atoms with van der Waals surface area (Å²) in [5.41, 5.74) is 1.85. The van der Waals surface area contributed by atoms with Gasteiger partial charge >= 0.3 is 0 Å². The van der Waals surface area contributed by atoms with Crippen molar-refractivity contribution in [1.29, 1.82) is 0 Å². The molecular weight excluding hydrogens is 264 g/mol. The number of unbranched alkanes of at least 4 members (excludes halogenated alkanes) is 2. The summed E-state index contributed by atoms with van der Waals surface area (Å²) in [6, 6.07) is 7.66. The van der Waals surface area contributed by atoms with Crippen LogP contribution in [0.4, 0.5) is 0 Å². The normalized spacial score (nSPS) is 24.2. The molecular formula is C18H26O3. The Hall–Kier alpha value is -1.19. The van der Waals surface area contributed by atoms with E-state index in [1.54, 1.807) is 0 Å². The van der Waals surface area contributed by atoms with E-state index in [-0.39, 0.29) is 11.9 Å². The van der Waals surface area contributed by atoms with Crippen LogP contribution in [0, 0.1) is 6.92 Å². The molecule has 0 spiro atoms. The number of ketones is 1. The number of rotatable bonds is 6. The molecule has 0 saturated carbocycles. The minimum absolute atomic E-state index is 0.0297. The molecule has 0 aliphatic carbocycles. The van der Waals surface area contributed by atoms with Gasteiger partial charge in [-0.2, -0.15) is 0 Å². The Bertz CT molecular complexity index is 476. The van der Waals surface area contributed by atoms with Gasteiger partial charge in [0.2, 0.25) is 0 Å². The highest BCUT2D eigenvalue weighted by atomic mass is 16.8. The molecule has 1 aliphatic heterocycles. The second-order valence-electron chi connectivity index (χ2n) is 6.32. The van der Waals surface area contributed by atoms with Crippen LogP contribution in [0.25, 0.3) is 0 Å². The fourth-order valence-electron chi connectivity index (χ4n) is 2.75. The Balaban J connectivity index is 2.10. The molecule has 1 aliphatic rings. The van der Waals surface area contributed by atoms with Gasteiger partial charge in [0.05, 0.1) is 6.10 Å². The Morgan fingerprint density at radius 2 is 1.81 bits per heavy atom. The van der Waals surface area contributed by atoms with Gasteiger partial charge in [0.25, 0.3) is 0 Å². The zero-order chi connectivity index (χ0) is 15.5. The molecule has 1 saturated heterocycles. The van der Waals surface area contributed by atoms with E-state index < -0.39 is 11.9 Å². The van der Waals surface area contributed by atoms with Crippen molar-refractivity contribution in [2.45, 2.75) is 71.4 Å². The van der Waals surface area contributed by atoms with E-state index in [2.05, 4.69) is 6.92 Å². The molecule has 0 amide bonds. The lowest BCUT2D eigenvalue weighted by molar-refractivity contribution is -0.143. The van der Waals surface area contributed by atoms with Gasteiger partial charge in [-0.25, -0.2) is 0 Å². The summed E-state index contributed by atoms with van der Waals surface area (Å²) in [7, 11) is 0. The molecule has 2 rings (SSSR count). The van der Waals surface area contributed by atoms with Crippen LogP contribution < -0.4 is 0 Å². The van der Waals surface area contributed by atoms with Crippen LogP contribution in [0.5, 0.6) is 0 Å². The van der Waals surface area contributed by atoms with Gasteiger partial charge < -0.3 is 9.47 Å². The summed E-state index contributed by atoms with van der Waals surface area (Å²) in [6.07, 6.45) is 3.64. The van der Waals surface area contributed by atoms with Crippen molar-refractivity contribution >= 4 is 5.78 Å². The van der Waals surface area contributed by atoms with Crippen LogP contribution in [-0.2, 0) is 9.47 Å². The number of Topliss-reactive ketones (excluding diaryl/α,β-unsaturated/α-hetero) is 1. The van der Waals surface area contributed by atoms with Gasteiger partial charge in [-0.1, -0.05) is 56.0 Å². The highest BCUT2D eigenvalue weighted by molar-refractivity contribution is 6.00. The van der Waals surface area contributed by atoms with Crippen LogP contribution in [0.3, 0.4) is 0 Å². The van der Waals surface area contributed by atoms with Crippen molar-refractivity contribution in [3.8, 4) is 0 Å². The van der Waals surface area contributed by atoms with Gasteiger partial charge in [-0.3, -0.25) is 4.79 Å². The monoisotopic (exact) mass is 290 g/mol. The van der Waals surface area contributed by atoms with E-state index in [1.165, 1.54) is 0 Å². The van der Waals surface area contributed by atoms with E-state index in [9.17, 15) is 4.79 Å². The summed E-state index contributed by atoms with van der Waals surface area (Å²) in [4.78, 5) is 12.7. The highest BCUT2D eigenvalue weighted by Gasteiger charge is 2.44. The first-order chi connectivity index (χ1) is 9.93. The molecule has 116 valence electrons. The van der Waals surface area contributed by atoms with Crippen molar-refractivity contribution in [2.24, 2.45) is 0 Å². The lowest BCUT2D eigenvalue weighted by Gasteiger charge is -2.16. The second-order valence-corrected chi connectivity index (χ2v) is 6.32.